The Balaban J connectivity index is 2.08. The molecular weight excluding hydrogens is 251 g/mol. The molecule has 20 heavy (non-hydrogen) atoms. The van der Waals surface area contributed by atoms with Gasteiger partial charge in [-0.2, -0.15) is 5.26 Å². The van der Waals surface area contributed by atoms with Crippen molar-refractivity contribution in [3.8, 4) is 6.07 Å². The van der Waals surface area contributed by atoms with Gasteiger partial charge in [-0.3, -0.25) is 0 Å². The minimum absolute atomic E-state index is 0.0903. The van der Waals surface area contributed by atoms with Crippen LogP contribution in [0.4, 0.5) is 4.39 Å². The number of halogens is 1. The molecule has 0 fully saturated rings. The van der Waals surface area contributed by atoms with Crippen LogP contribution >= 0.6 is 0 Å². The third-order valence-electron chi connectivity index (χ3n) is 3.34. The van der Waals surface area contributed by atoms with Crippen LogP contribution in [-0.4, -0.2) is 0 Å². The van der Waals surface area contributed by atoms with E-state index >= 15 is 0 Å². The Morgan fingerprint density at radius 3 is 2.70 bits per heavy atom. The molecule has 0 unspecified atom stereocenters. The summed E-state index contributed by atoms with van der Waals surface area (Å²) in [6.07, 6.45) is 0. The summed E-state index contributed by atoms with van der Waals surface area (Å²) in [5.74, 6) is -0.432. The molecule has 0 amide bonds. The maximum atomic E-state index is 13.9. The normalized spacial score (nSPS) is 11.9. The smallest absolute Gasteiger partial charge is 0.145 e. The van der Waals surface area contributed by atoms with Gasteiger partial charge in [0, 0.05) is 18.2 Å². The monoisotopic (exact) mass is 268 g/mol. The summed E-state index contributed by atoms with van der Waals surface area (Å²) >= 11 is 0. The molecule has 2 aromatic carbocycles. The Morgan fingerprint density at radius 1 is 1.25 bits per heavy atom. The second-order valence-electron chi connectivity index (χ2n) is 4.91. The second kappa shape index (κ2) is 6.31. The van der Waals surface area contributed by atoms with Crippen molar-refractivity contribution >= 4 is 0 Å². The molecule has 1 N–H and O–H groups in total. The van der Waals surface area contributed by atoms with Gasteiger partial charge in [0.25, 0.3) is 0 Å². The summed E-state index contributed by atoms with van der Waals surface area (Å²) in [6, 6.07) is 15.1. The lowest BCUT2D eigenvalue weighted by Crippen LogP contribution is -2.19. The Hall–Kier alpha value is -2.18. The van der Waals surface area contributed by atoms with E-state index in [1.807, 2.05) is 38.1 Å². The van der Waals surface area contributed by atoms with Crippen LogP contribution in [0.2, 0.25) is 0 Å². The maximum Gasteiger partial charge on any atom is 0.145 e. The molecule has 0 radical (unpaired) electrons. The lowest BCUT2D eigenvalue weighted by molar-refractivity contribution is 0.543. The summed E-state index contributed by atoms with van der Waals surface area (Å²) in [5.41, 5.74) is 2.98. The molecule has 102 valence electrons. The molecule has 0 heterocycles. The fraction of sp³-hybridized carbons (Fsp3) is 0.235. The van der Waals surface area contributed by atoms with Crippen molar-refractivity contribution in [2.75, 3.05) is 0 Å². The number of hydrogen-bond donors (Lipinski definition) is 1. The Labute approximate surface area is 118 Å². The van der Waals surface area contributed by atoms with E-state index < -0.39 is 5.82 Å². The summed E-state index contributed by atoms with van der Waals surface area (Å²) in [4.78, 5) is 0. The number of benzene rings is 2. The summed E-state index contributed by atoms with van der Waals surface area (Å²) in [5, 5.41) is 12.1. The van der Waals surface area contributed by atoms with Crippen LogP contribution < -0.4 is 5.32 Å². The summed E-state index contributed by atoms with van der Waals surface area (Å²) in [7, 11) is 0. The van der Waals surface area contributed by atoms with Gasteiger partial charge in [0.2, 0.25) is 0 Å². The Morgan fingerprint density at radius 2 is 2.00 bits per heavy atom. The molecule has 0 aliphatic carbocycles. The quantitative estimate of drug-likeness (QED) is 0.914. The lowest BCUT2D eigenvalue weighted by atomic mass is 10.0. The number of aryl methyl sites for hydroxylation is 1. The number of nitrogens with zero attached hydrogens (tertiary/aromatic N) is 1. The van der Waals surface area contributed by atoms with Crippen LogP contribution in [0.3, 0.4) is 0 Å². The van der Waals surface area contributed by atoms with Crippen LogP contribution in [0.5, 0.6) is 0 Å². The van der Waals surface area contributed by atoms with Crippen molar-refractivity contribution < 1.29 is 4.39 Å². The third-order valence-corrected chi connectivity index (χ3v) is 3.34. The molecule has 2 nitrogen and oxygen atoms in total. The van der Waals surface area contributed by atoms with E-state index in [4.69, 9.17) is 5.26 Å². The van der Waals surface area contributed by atoms with Crippen molar-refractivity contribution in [1.29, 1.82) is 5.26 Å². The fourth-order valence-corrected chi connectivity index (χ4v) is 2.12. The fourth-order valence-electron chi connectivity index (χ4n) is 2.12. The van der Waals surface area contributed by atoms with Gasteiger partial charge in [-0.1, -0.05) is 42.0 Å². The molecule has 0 saturated carbocycles. The molecule has 0 aromatic heterocycles. The van der Waals surface area contributed by atoms with Gasteiger partial charge in [0.1, 0.15) is 11.9 Å². The van der Waals surface area contributed by atoms with Crippen LogP contribution in [0.15, 0.2) is 42.5 Å². The topological polar surface area (TPSA) is 35.8 Å². The van der Waals surface area contributed by atoms with E-state index in [-0.39, 0.29) is 11.6 Å². The lowest BCUT2D eigenvalue weighted by Gasteiger charge is -2.15. The number of hydrogen-bond acceptors (Lipinski definition) is 2. The average Bonchev–Trinajstić information content (AvgIpc) is 2.46. The minimum atomic E-state index is -0.432. The first kappa shape index (κ1) is 14.2. The first-order valence-corrected chi connectivity index (χ1v) is 6.59. The molecule has 0 bridgehead atoms. The first-order valence-electron chi connectivity index (χ1n) is 6.59. The van der Waals surface area contributed by atoms with Gasteiger partial charge >= 0.3 is 0 Å². The van der Waals surface area contributed by atoms with Gasteiger partial charge in [0.05, 0.1) is 5.56 Å². The van der Waals surface area contributed by atoms with E-state index in [1.165, 1.54) is 17.2 Å². The van der Waals surface area contributed by atoms with E-state index in [2.05, 4.69) is 11.4 Å². The van der Waals surface area contributed by atoms with Gasteiger partial charge < -0.3 is 5.32 Å². The molecule has 0 aliphatic heterocycles. The molecular formula is C17H17FN2. The van der Waals surface area contributed by atoms with Crippen LogP contribution in [-0.2, 0) is 6.54 Å². The summed E-state index contributed by atoms with van der Waals surface area (Å²) < 4.78 is 13.9. The highest BCUT2D eigenvalue weighted by Gasteiger charge is 2.09. The number of rotatable bonds is 4. The highest BCUT2D eigenvalue weighted by atomic mass is 19.1. The van der Waals surface area contributed by atoms with Crippen molar-refractivity contribution in [1.82, 2.24) is 5.32 Å². The van der Waals surface area contributed by atoms with Gasteiger partial charge in [-0.05, 0) is 25.5 Å². The van der Waals surface area contributed by atoms with Crippen molar-refractivity contribution in [3.05, 3.63) is 70.5 Å². The highest BCUT2D eigenvalue weighted by molar-refractivity contribution is 5.35. The number of nitrogens with one attached hydrogen (secondary N) is 1. The van der Waals surface area contributed by atoms with Gasteiger partial charge in [0.15, 0.2) is 0 Å². The molecule has 2 aromatic rings. The minimum Gasteiger partial charge on any atom is -0.306 e. The Bertz CT molecular complexity index is 644. The standard InChI is InChI=1S/C17H17FN2/c1-12-5-3-6-14(9-12)13(2)20-11-16-8-4-7-15(10-19)17(16)18/h3-9,13,20H,11H2,1-2H3/t13-/m1/s1. The van der Waals surface area contributed by atoms with E-state index in [0.717, 1.165) is 0 Å². The van der Waals surface area contributed by atoms with Crippen molar-refractivity contribution in [3.63, 3.8) is 0 Å². The van der Waals surface area contributed by atoms with E-state index in [9.17, 15) is 4.39 Å². The van der Waals surface area contributed by atoms with Crippen molar-refractivity contribution in [2.24, 2.45) is 0 Å². The third kappa shape index (κ3) is 3.23. The highest BCUT2D eigenvalue weighted by Crippen LogP contribution is 2.16. The predicted molar refractivity (Wildman–Crippen MR) is 77.5 cm³/mol. The Kier molecular flexibility index (Phi) is 4.49. The largest absolute Gasteiger partial charge is 0.306 e. The van der Waals surface area contributed by atoms with Crippen LogP contribution in [0.25, 0.3) is 0 Å². The maximum absolute atomic E-state index is 13.9. The van der Waals surface area contributed by atoms with Gasteiger partial charge in [-0.25, -0.2) is 4.39 Å². The molecule has 2 rings (SSSR count). The average molecular weight is 268 g/mol. The van der Waals surface area contributed by atoms with Gasteiger partial charge in [-0.15, -0.1) is 0 Å². The van der Waals surface area contributed by atoms with Crippen molar-refractivity contribution in [2.45, 2.75) is 26.4 Å². The summed E-state index contributed by atoms with van der Waals surface area (Å²) in [6.45, 7) is 4.49. The van der Waals surface area contributed by atoms with Crippen LogP contribution in [0.1, 0.15) is 35.2 Å². The predicted octanol–water partition coefficient (Wildman–Crippen LogP) is 3.86. The first-order chi connectivity index (χ1) is 9.61. The molecule has 0 aliphatic rings. The zero-order valence-corrected chi connectivity index (χ0v) is 11.7. The van der Waals surface area contributed by atoms with E-state index in [0.29, 0.717) is 12.1 Å². The molecule has 1 atom stereocenters. The second-order valence-corrected chi connectivity index (χ2v) is 4.91. The molecule has 0 spiro atoms. The van der Waals surface area contributed by atoms with Crippen LogP contribution in [0, 0.1) is 24.1 Å². The zero-order chi connectivity index (χ0) is 14.5. The van der Waals surface area contributed by atoms with E-state index in [1.54, 1.807) is 12.1 Å². The SMILES string of the molecule is Cc1cccc([C@@H](C)NCc2cccc(C#N)c2F)c1. The zero-order valence-electron chi connectivity index (χ0n) is 11.7. The number of nitriles is 1. The molecule has 3 heteroatoms. The molecule has 0 saturated heterocycles.